The van der Waals surface area contributed by atoms with Gasteiger partial charge in [0.15, 0.2) is 11.5 Å². The fraction of sp³-hybridized carbons (Fsp3) is 0.429. The third-order valence-corrected chi connectivity index (χ3v) is 2.32. The summed E-state index contributed by atoms with van der Waals surface area (Å²) in [7, 11) is 0. The first-order chi connectivity index (χ1) is 8.67. The first-order valence-electron chi connectivity index (χ1n) is 6.17. The van der Waals surface area contributed by atoms with Crippen LogP contribution in [0, 0.1) is 0 Å². The van der Waals surface area contributed by atoms with E-state index in [0.717, 1.165) is 12.8 Å². The standard InChI is InChI=1S/C14H18O4/c1-3-5-10-14(16)18-12-9-7-6-8-11(12)17-13(15)4-2/h6-9H,3-5,10H2,1-2H3. The van der Waals surface area contributed by atoms with Crippen LogP contribution >= 0.6 is 0 Å². The molecule has 0 atom stereocenters. The van der Waals surface area contributed by atoms with Gasteiger partial charge >= 0.3 is 11.9 Å². The van der Waals surface area contributed by atoms with Gasteiger partial charge in [-0.1, -0.05) is 32.4 Å². The van der Waals surface area contributed by atoms with Crippen LogP contribution in [0.2, 0.25) is 0 Å². The normalized spacial score (nSPS) is 9.89. The molecule has 0 fully saturated rings. The van der Waals surface area contributed by atoms with E-state index in [9.17, 15) is 9.59 Å². The number of hydrogen-bond acceptors (Lipinski definition) is 4. The Labute approximate surface area is 107 Å². The smallest absolute Gasteiger partial charge is 0.311 e. The first kappa shape index (κ1) is 14.2. The summed E-state index contributed by atoms with van der Waals surface area (Å²) in [4.78, 5) is 22.7. The largest absolute Gasteiger partial charge is 0.423 e. The SMILES string of the molecule is CCCCC(=O)Oc1ccccc1OC(=O)CC. The molecule has 4 heteroatoms. The topological polar surface area (TPSA) is 52.6 Å². The lowest BCUT2D eigenvalue weighted by atomic mass is 10.2. The van der Waals surface area contributed by atoms with Crippen molar-refractivity contribution in [1.29, 1.82) is 0 Å². The van der Waals surface area contributed by atoms with Gasteiger partial charge in [0.05, 0.1) is 0 Å². The van der Waals surface area contributed by atoms with E-state index in [4.69, 9.17) is 9.47 Å². The Bertz CT molecular complexity index is 412. The average Bonchev–Trinajstić information content (AvgIpc) is 2.38. The molecule has 1 aromatic carbocycles. The van der Waals surface area contributed by atoms with E-state index in [1.54, 1.807) is 31.2 Å². The Kier molecular flexibility index (Phi) is 5.91. The molecule has 0 N–H and O–H groups in total. The number of rotatable bonds is 6. The number of carbonyl (C=O) groups is 2. The van der Waals surface area contributed by atoms with E-state index >= 15 is 0 Å². The van der Waals surface area contributed by atoms with Gasteiger partial charge in [-0.3, -0.25) is 9.59 Å². The molecule has 0 aromatic heterocycles. The van der Waals surface area contributed by atoms with Crippen LogP contribution in [0.5, 0.6) is 11.5 Å². The van der Waals surface area contributed by atoms with Crippen molar-refractivity contribution in [3.05, 3.63) is 24.3 Å². The number of carbonyl (C=O) groups excluding carboxylic acids is 2. The maximum atomic E-state index is 11.5. The Morgan fingerprint density at radius 1 is 1.00 bits per heavy atom. The van der Waals surface area contributed by atoms with E-state index in [1.165, 1.54) is 0 Å². The van der Waals surface area contributed by atoms with E-state index in [2.05, 4.69) is 0 Å². The van der Waals surface area contributed by atoms with Gasteiger partial charge in [-0.25, -0.2) is 0 Å². The van der Waals surface area contributed by atoms with Crippen molar-refractivity contribution in [1.82, 2.24) is 0 Å². The fourth-order valence-electron chi connectivity index (χ4n) is 1.31. The van der Waals surface area contributed by atoms with Gasteiger partial charge in [0.2, 0.25) is 0 Å². The first-order valence-corrected chi connectivity index (χ1v) is 6.17. The zero-order valence-corrected chi connectivity index (χ0v) is 10.8. The van der Waals surface area contributed by atoms with Crippen LogP contribution in [0.1, 0.15) is 39.5 Å². The highest BCUT2D eigenvalue weighted by Gasteiger charge is 2.11. The van der Waals surface area contributed by atoms with Gasteiger partial charge in [0.25, 0.3) is 0 Å². The molecular weight excluding hydrogens is 232 g/mol. The minimum atomic E-state index is -0.355. The van der Waals surface area contributed by atoms with Gasteiger partial charge in [0, 0.05) is 12.8 Å². The van der Waals surface area contributed by atoms with E-state index in [0.29, 0.717) is 12.2 Å². The van der Waals surface area contributed by atoms with E-state index in [1.807, 2.05) is 6.92 Å². The predicted molar refractivity (Wildman–Crippen MR) is 67.5 cm³/mol. The van der Waals surface area contributed by atoms with Crippen molar-refractivity contribution in [2.24, 2.45) is 0 Å². The number of unbranched alkanes of at least 4 members (excludes halogenated alkanes) is 1. The molecule has 0 heterocycles. The van der Waals surface area contributed by atoms with Gasteiger partial charge in [-0.05, 0) is 18.6 Å². The van der Waals surface area contributed by atoms with Gasteiger partial charge in [-0.15, -0.1) is 0 Å². The van der Waals surface area contributed by atoms with Gasteiger partial charge in [-0.2, -0.15) is 0 Å². The summed E-state index contributed by atoms with van der Waals surface area (Å²) in [5, 5.41) is 0. The zero-order valence-electron chi connectivity index (χ0n) is 10.8. The van der Waals surface area contributed by atoms with Crippen molar-refractivity contribution >= 4 is 11.9 Å². The molecule has 0 saturated heterocycles. The summed E-state index contributed by atoms with van der Waals surface area (Å²) in [6.07, 6.45) is 2.36. The van der Waals surface area contributed by atoms with Crippen LogP contribution in [0.3, 0.4) is 0 Å². The molecule has 1 aromatic rings. The molecule has 0 aliphatic rings. The summed E-state index contributed by atoms with van der Waals surface area (Å²) in [6.45, 7) is 3.71. The lowest BCUT2D eigenvalue weighted by Gasteiger charge is -2.09. The van der Waals surface area contributed by atoms with Crippen molar-refractivity contribution in [2.75, 3.05) is 0 Å². The second kappa shape index (κ2) is 7.48. The molecular formula is C14H18O4. The Hall–Kier alpha value is -1.84. The summed E-state index contributed by atoms with van der Waals surface area (Å²) in [6, 6.07) is 6.67. The second-order valence-corrected chi connectivity index (χ2v) is 3.85. The predicted octanol–water partition coefficient (Wildman–Crippen LogP) is 3.10. The molecule has 1 rings (SSSR count). The highest BCUT2D eigenvalue weighted by atomic mass is 16.6. The Morgan fingerprint density at radius 2 is 1.56 bits per heavy atom. The second-order valence-electron chi connectivity index (χ2n) is 3.85. The van der Waals surface area contributed by atoms with E-state index in [-0.39, 0.29) is 24.1 Å². The molecule has 0 spiro atoms. The van der Waals surface area contributed by atoms with Crippen LogP contribution in [0.15, 0.2) is 24.3 Å². The van der Waals surface area contributed by atoms with Crippen LogP contribution in [0.4, 0.5) is 0 Å². The molecule has 4 nitrogen and oxygen atoms in total. The molecule has 0 amide bonds. The van der Waals surface area contributed by atoms with Gasteiger partial charge < -0.3 is 9.47 Å². The van der Waals surface area contributed by atoms with Crippen molar-refractivity contribution in [2.45, 2.75) is 39.5 Å². The number of ether oxygens (including phenoxy) is 2. The maximum absolute atomic E-state index is 11.5. The monoisotopic (exact) mass is 250 g/mol. The molecule has 98 valence electrons. The third kappa shape index (κ3) is 4.57. The molecule has 0 unspecified atom stereocenters. The van der Waals surface area contributed by atoms with Crippen LogP contribution in [-0.2, 0) is 9.59 Å². The van der Waals surface area contributed by atoms with Crippen LogP contribution in [-0.4, -0.2) is 11.9 Å². The maximum Gasteiger partial charge on any atom is 0.311 e. The van der Waals surface area contributed by atoms with Crippen LogP contribution in [0.25, 0.3) is 0 Å². The average molecular weight is 250 g/mol. The third-order valence-electron chi connectivity index (χ3n) is 2.32. The summed E-state index contributed by atoms with van der Waals surface area (Å²) < 4.78 is 10.3. The van der Waals surface area contributed by atoms with Crippen molar-refractivity contribution in [3.8, 4) is 11.5 Å². The number of benzene rings is 1. The lowest BCUT2D eigenvalue weighted by Crippen LogP contribution is -2.11. The van der Waals surface area contributed by atoms with Crippen LogP contribution < -0.4 is 9.47 Å². The summed E-state index contributed by atoms with van der Waals surface area (Å²) in [5.41, 5.74) is 0. The number of para-hydroxylation sites is 2. The summed E-state index contributed by atoms with van der Waals surface area (Å²) >= 11 is 0. The molecule has 0 radical (unpaired) electrons. The van der Waals surface area contributed by atoms with Gasteiger partial charge in [0.1, 0.15) is 0 Å². The number of hydrogen-bond donors (Lipinski definition) is 0. The van der Waals surface area contributed by atoms with Crippen molar-refractivity contribution in [3.63, 3.8) is 0 Å². The quantitative estimate of drug-likeness (QED) is 0.575. The minimum Gasteiger partial charge on any atom is -0.423 e. The highest BCUT2D eigenvalue weighted by Crippen LogP contribution is 2.27. The Morgan fingerprint density at radius 3 is 2.06 bits per heavy atom. The summed E-state index contributed by atoms with van der Waals surface area (Å²) in [5.74, 6) is -0.0847. The molecule has 0 aliphatic carbocycles. The van der Waals surface area contributed by atoms with E-state index < -0.39 is 0 Å². The fourth-order valence-corrected chi connectivity index (χ4v) is 1.31. The molecule has 18 heavy (non-hydrogen) atoms. The Balaban J connectivity index is 2.69. The zero-order chi connectivity index (χ0) is 13.4. The van der Waals surface area contributed by atoms with Crippen molar-refractivity contribution < 1.29 is 19.1 Å². The molecule has 0 saturated carbocycles. The number of esters is 2. The molecule has 0 bridgehead atoms. The molecule has 0 aliphatic heterocycles. The minimum absolute atomic E-state index is 0.276. The lowest BCUT2D eigenvalue weighted by molar-refractivity contribution is -0.137. The highest BCUT2D eigenvalue weighted by molar-refractivity contribution is 5.75.